The first-order valence-corrected chi connectivity index (χ1v) is 8.66. The van der Waals surface area contributed by atoms with Crippen LogP contribution in [-0.2, 0) is 0 Å². The largest absolute Gasteiger partial charge is 0.403 e. The van der Waals surface area contributed by atoms with Crippen molar-refractivity contribution in [1.29, 1.82) is 0 Å². The number of piperazine rings is 1. The Morgan fingerprint density at radius 3 is 2.21 bits per heavy atom. The smallest absolute Gasteiger partial charge is 0.355 e. The van der Waals surface area contributed by atoms with Gasteiger partial charge in [-0.1, -0.05) is 0 Å². The molecule has 1 N–H and O–H groups in total. The first-order valence-electron chi connectivity index (χ1n) is 8.66. The summed E-state index contributed by atoms with van der Waals surface area (Å²) >= 11 is 0. The zero-order valence-electron chi connectivity index (χ0n) is 15.1. The molecule has 140 valence electrons. The molecule has 0 aromatic rings. The van der Waals surface area contributed by atoms with Crippen molar-refractivity contribution in [3.63, 3.8) is 0 Å². The maximum atomic E-state index is 12.8. The van der Waals surface area contributed by atoms with Gasteiger partial charge >= 0.3 is 6.18 Å². The van der Waals surface area contributed by atoms with Gasteiger partial charge in [0.25, 0.3) is 0 Å². The number of guanidine groups is 1. The molecule has 24 heavy (non-hydrogen) atoms. The average Bonchev–Trinajstić information content (AvgIpc) is 3.34. The summed E-state index contributed by atoms with van der Waals surface area (Å²) in [6.07, 6.45) is -1.61. The van der Waals surface area contributed by atoms with Gasteiger partial charge in [-0.05, 0) is 39.8 Å². The Balaban J connectivity index is 1.83. The van der Waals surface area contributed by atoms with Crippen LogP contribution in [0.5, 0.6) is 0 Å². The number of aliphatic imine (C=N–C) groups is 1. The maximum absolute atomic E-state index is 12.8. The molecule has 1 aliphatic carbocycles. The molecule has 2 aliphatic rings. The van der Waals surface area contributed by atoms with Gasteiger partial charge in [-0.2, -0.15) is 13.2 Å². The van der Waals surface area contributed by atoms with Crippen molar-refractivity contribution >= 4 is 5.96 Å². The minimum atomic E-state index is -4.16. The van der Waals surface area contributed by atoms with E-state index in [1.807, 2.05) is 0 Å². The van der Waals surface area contributed by atoms with Gasteiger partial charge in [0.2, 0.25) is 0 Å². The van der Waals surface area contributed by atoms with E-state index < -0.39 is 12.2 Å². The van der Waals surface area contributed by atoms with Crippen molar-refractivity contribution in [3.05, 3.63) is 0 Å². The van der Waals surface area contributed by atoms with Crippen LogP contribution in [-0.4, -0.2) is 92.8 Å². The number of alkyl halides is 3. The third-order valence-corrected chi connectivity index (χ3v) is 5.15. The van der Waals surface area contributed by atoms with Crippen LogP contribution in [0.2, 0.25) is 0 Å². The van der Waals surface area contributed by atoms with Gasteiger partial charge in [0, 0.05) is 45.8 Å². The molecule has 8 heteroatoms. The molecule has 1 saturated heterocycles. The van der Waals surface area contributed by atoms with Crippen molar-refractivity contribution < 1.29 is 13.2 Å². The minimum Gasteiger partial charge on any atom is -0.355 e. The quantitative estimate of drug-likeness (QED) is 0.602. The number of hydrogen-bond donors (Lipinski definition) is 1. The van der Waals surface area contributed by atoms with Crippen molar-refractivity contribution in [2.75, 3.05) is 53.9 Å². The molecule has 2 rings (SSSR count). The molecule has 0 aromatic carbocycles. The topological polar surface area (TPSA) is 34.1 Å². The van der Waals surface area contributed by atoms with E-state index >= 15 is 0 Å². The van der Waals surface area contributed by atoms with Crippen LogP contribution in [0, 0.1) is 5.92 Å². The Labute approximate surface area is 142 Å². The van der Waals surface area contributed by atoms with E-state index in [0.29, 0.717) is 32.2 Å². The standard InChI is InChI=1S/C16H30F3N5/c1-12(16(17,18)19)23-7-9-24(10-8-23)15(20-2)21-11-14(22(3)4)13-5-6-13/h12-14H,5-11H2,1-4H3,(H,20,21). The summed E-state index contributed by atoms with van der Waals surface area (Å²) in [6.45, 7) is 4.00. The third-order valence-electron chi connectivity index (χ3n) is 5.15. The van der Waals surface area contributed by atoms with Gasteiger partial charge in [-0.25, -0.2) is 0 Å². The normalized spacial score (nSPS) is 23.5. The molecular weight excluding hydrogens is 319 g/mol. The first kappa shape index (κ1) is 19.3. The molecule has 2 unspecified atom stereocenters. The zero-order valence-corrected chi connectivity index (χ0v) is 15.1. The fourth-order valence-electron chi connectivity index (χ4n) is 3.31. The van der Waals surface area contributed by atoms with Gasteiger partial charge in [0.05, 0.1) is 0 Å². The SMILES string of the molecule is CN=C(NCC(C1CC1)N(C)C)N1CCN(C(C)C(F)(F)F)CC1. The van der Waals surface area contributed by atoms with Crippen LogP contribution < -0.4 is 5.32 Å². The summed E-state index contributed by atoms with van der Waals surface area (Å²) < 4.78 is 38.5. The number of hydrogen-bond acceptors (Lipinski definition) is 3. The first-order chi connectivity index (χ1) is 11.2. The van der Waals surface area contributed by atoms with Gasteiger partial charge in [0.15, 0.2) is 5.96 Å². The van der Waals surface area contributed by atoms with Crippen LogP contribution in [0.25, 0.3) is 0 Å². The summed E-state index contributed by atoms with van der Waals surface area (Å²) in [4.78, 5) is 10.1. The molecule has 0 amide bonds. The van der Waals surface area contributed by atoms with E-state index in [9.17, 15) is 13.2 Å². The Hall–Kier alpha value is -1.02. The maximum Gasteiger partial charge on any atom is 0.403 e. The lowest BCUT2D eigenvalue weighted by Gasteiger charge is -2.40. The molecule has 1 aliphatic heterocycles. The number of nitrogens with one attached hydrogen (secondary N) is 1. The molecular formula is C16H30F3N5. The Morgan fingerprint density at radius 1 is 1.21 bits per heavy atom. The molecule has 0 bridgehead atoms. The van der Waals surface area contributed by atoms with Gasteiger partial charge in [-0.3, -0.25) is 9.89 Å². The van der Waals surface area contributed by atoms with Crippen LogP contribution in [0.1, 0.15) is 19.8 Å². The molecule has 1 saturated carbocycles. The van der Waals surface area contributed by atoms with E-state index in [1.54, 1.807) is 7.05 Å². The van der Waals surface area contributed by atoms with Gasteiger partial charge in [0.1, 0.15) is 6.04 Å². The van der Waals surface area contributed by atoms with E-state index in [4.69, 9.17) is 0 Å². The van der Waals surface area contributed by atoms with Crippen LogP contribution in [0.4, 0.5) is 13.2 Å². The Morgan fingerprint density at radius 2 is 1.79 bits per heavy atom. The van der Waals surface area contributed by atoms with Crippen molar-refractivity contribution in [2.24, 2.45) is 10.9 Å². The highest BCUT2D eigenvalue weighted by atomic mass is 19.4. The summed E-state index contributed by atoms with van der Waals surface area (Å²) in [5.41, 5.74) is 0. The van der Waals surface area contributed by atoms with Gasteiger partial charge < -0.3 is 15.1 Å². The molecule has 2 atom stereocenters. The van der Waals surface area contributed by atoms with Crippen molar-refractivity contribution in [1.82, 2.24) is 20.0 Å². The fourth-order valence-corrected chi connectivity index (χ4v) is 3.31. The van der Waals surface area contributed by atoms with Crippen molar-refractivity contribution in [3.8, 4) is 0 Å². The predicted octanol–water partition coefficient (Wildman–Crippen LogP) is 1.47. The van der Waals surface area contributed by atoms with Crippen LogP contribution in [0.3, 0.4) is 0 Å². The van der Waals surface area contributed by atoms with E-state index in [1.165, 1.54) is 24.7 Å². The minimum absolute atomic E-state index is 0.404. The predicted molar refractivity (Wildman–Crippen MR) is 90.2 cm³/mol. The highest BCUT2D eigenvalue weighted by Gasteiger charge is 2.41. The van der Waals surface area contributed by atoms with Crippen LogP contribution >= 0.6 is 0 Å². The second-order valence-electron chi connectivity index (χ2n) is 7.04. The van der Waals surface area contributed by atoms with E-state index in [0.717, 1.165) is 18.4 Å². The lowest BCUT2D eigenvalue weighted by atomic mass is 10.1. The highest BCUT2D eigenvalue weighted by molar-refractivity contribution is 5.80. The number of halogens is 3. The second kappa shape index (κ2) is 7.91. The molecule has 1 heterocycles. The average molecular weight is 349 g/mol. The lowest BCUT2D eigenvalue weighted by Crippen LogP contribution is -2.57. The second-order valence-corrected chi connectivity index (χ2v) is 7.04. The lowest BCUT2D eigenvalue weighted by molar-refractivity contribution is -0.181. The Kier molecular flexibility index (Phi) is 6.36. The van der Waals surface area contributed by atoms with E-state index in [2.05, 4.69) is 34.2 Å². The summed E-state index contributed by atoms with van der Waals surface area (Å²) in [5.74, 6) is 1.54. The Bertz CT molecular complexity index is 424. The number of likely N-dealkylation sites (N-methyl/N-ethyl adjacent to an activating group) is 1. The summed E-state index contributed by atoms with van der Waals surface area (Å²) in [7, 11) is 5.91. The zero-order chi connectivity index (χ0) is 17.9. The van der Waals surface area contributed by atoms with Crippen molar-refractivity contribution in [2.45, 2.75) is 38.0 Å². The van der Waals surface area contributed by atoms with Gasteiger partial charge in [-0.15, -0.1) is 0 Å². The molecule has 5 nitrogen and oxygen atoms in total. The highest BCUT2D eigenvalue weighted by Crippen LogP contribution is 2.34. The van der Waals surface area contributed by atoms with Crippen LogP contribution in [0.15, 0.2) is 4.99 Å². The number of nitrogens with zero attached hydrogens (tertiary/aromatic N) is 4. The van der Waals surface area contributed by atoms with E-state index in [-0.39, 0.29) is 0 Å². The molecule has 0 aromatic heterocycles. The monoisotopic (exact) mass is 349 g/mol. The fraction of sp³-hybridized carbons (Fsp3) is 0.938. The third kappa shape index (κ3) is 4.99. The molecule has 2 fully saturated rings. The molecule has 0 radical (unpaired) electrons. The molecule has 0 spiro atoms. The summed E-state index contributed by atoms with van der Waals surface area (Å²) in [6, 6.07) is -0.907. The summed E-state index contributed by atoms with van der Waals surface area (Å²) in [5, 5.41) is 3.41. The number of rotatable bonds is 5.